The number of carboxylic acid groups (broad SMARTS) is 1. The van der Waals surface area contributed by atoms with E-state index < -0.39 is 17.7 Å². The lowest BCUT2D eigenvalue weighted by Gasteiger charge is -2.04. The SMILES string of the molecule is CC(F)(F)c1csc(Cn2ncc(-c3c(N)[nH]c4ccccc34)n2)n1.O=C(O)c1ncoc1-c1cccc(F)c1. The van der Waals surface area contributed by atoms with Crippen molar-refractivity contribution in [3.63, 3.8) is 0 Å². The summed E-state index contributed by atoms with van der Waals surface area (Å²) in [6.45, 7) is 1.05. The molecule has 0 aliphatic carbocycles. The van der Waals surface area contributed by atoms with Gasteiger partial charge in [0.2, 0.25) is 0 Å². The summed E-state index contributed by atoms with van der Waals surface area (Å²) in [5.74, 6) is -4.05. The van der Waals surface area contributed by atoms with Gasteiger partial charge in [0, 0.05) is 28.8 Å². The molecule has 4 aromatic heterocycles. The monoisotopic (exact) mass is 567 g/mol. The second kappa shape index (κ2) is 10.6. The Morgan fingerprint density at radius 1 is 1.23 bits per heavy atom. The number of benzene rings is 2. The number of thiazole rings is 1. The molecule has 0 aliphatic heterocycles. The molecule has 0 amide bonds. The lowest BCUT2D eigenvalue weighted by molar-refractivity contribution is 0.0132. The van der Waals surface area contributed by atoms with Crippen LogP contribution in [0.4, 0.5) is 19.0 Å². The van der Waals surface area contributed by atoms with Crippen molar-refractivity contribution in [2.24, 2.45) is 0 Å². The minimum atomic E-state index is -2.95. The maximum absolute atomic E-state index is 13.3. The fraction of sp³-hybridized carbons (Fsp3) is 0.115. The predicted octanol–water partition coefficient (Wildman–Crippen LogP) is 5.80. The van der Waals surface area contributed by atoms with E-state index in [-0.39, 0.29) is 23.7 Å². The van der Waals surface area contributed by atoms with Crippen molar-refractivity contribution in [2.45, 2.75) is 19.4 Å². The van der Waals surface area contributed by atoms with Gasteiger partial charge in [-0.1, -0.05) is 30.3 Å². The number of carboxylic acids is 1. The smallest absolute Gasteiger partial charge is 0.358 e. The molecule has 0 saturated heterocycles. The van der Waals surface area contributed by atoms with Gasteiger partial charge in [-0.25, -0.2) is 19.2 Å². The molecule has 4 heterocycles. The minimum absolute atomic E-state index is 0.0574. The van der Waals surface area contributed by atoms with E-state index in [1.165, 1.54) is 28.4 Å². The number of hydrogen-bond donors (Lipinski definition) is 3. The van der Waals surface area contributed by atoms with Crippen molar-refractivity contribution in [2.75, 3.05) is 5.73 Å². The van der Waals surface area contributed by atoms with Crippen LogP contribution in [0.5, 0.6) is 0 Å². The summed E-state index contributed by atoms with van der Waals surface area (Å²) in [4.78, 5) is 22.7. The number of nitrogens with two attached hydrogens (primary N) is 1. The van der Waals surface area contributed by atoms with Crippen LogP contribution in [0.15, 0.2) is 70.9 Å². The van der Waals surface area contributed by atoms with Crippen molar-refractivity contribution in [3.8, 4) is 22.6 Å². The summed E-state index contributed by atoms with van der Waals surface area (Å²) in [5, 5.41) is 20.2. The van der Waals surface area contributed by atoms with Gasteiger partial charge in [0.05, 0.1) is 11.8 Å². The molecule has 40 heavy (non-hydrogen) atoms. The number of nitrogen functional groups attached to an aromatic ring is 1. The molecule has 0 fully saturated rings. The van der Waals surface area contributed by atoms with Crippen molar-refractivity contribution >= 4 is 34.0 Å². The first-order valence-corrected chi connectivity index (χ1v) is 12.5. The summed E-state index contributed by atoms with van der Waals surface area (Å²) in [7, 11) is 0. The molecular formula is C26H20F3N7O3S. The highest BCUT2D eigenvalue weighted by Gasteiger charge is 2.27. The first kappa shape index (κ1) is 26.6. The quantitative estimate of drug-likeness (QED) is 0.229. The van der Waals surface area contributed by atoms with Crippen LogP contribution in [0.2, 0.25) is 0 Å². The molecule has 0 bridgehead atoms. The zero-order valence-electron chi connectivity index (χ0n) is 20.7. The van der Waals surface area contributed by atoms with Crippen molar-refractivity contribution in [3.05, 3.63) is 88.7 Å². The van der Waals surface area contributed by atoms with E-state index in [9.17, 15) is 18.0 Å². The Kier molecular flexibility index (Phi) is 7.09. The largest absolute Gasteiger partial charge is 0.476 e. The molecule has 0 radical (unpaired) electrons. The number of anilines is 1. The highest BCUT2D eigenvalue weighted by atomic mass is 32.1. The van der Waals surface area contributed by atoms with E-state index >= 15 is 0 Å². The number of oxazole rings is 1. The zero-order chi connectivity index (χ0) is 28.4. The molecule has 10 nitrogen and oxygen atoms in total. The Hall–Kier alpha value is -4.98. The van der Waals surface area contributed by atoms with Crippen LogP contribution >= 0.6 is 11.3 Å². The van der Waals surface area contributed by atoms with Crippen LogP contribution in [0.25, 0.3) is 33.5 Å². The van der Waals surface area contributed by atoms with Crippen LogP contribution in [0, 0.1) is 5.82 Å². The van der Waals surface area contributed by atoms with Gasteiger partial charge >= 0.3 is 5.97 Å². The number of para-hydroxylation sites is 1. The first-order valence-electron chi connectivity index (χ1n) is 11.6. The Balaban J connectivity index is 0.000000184. The average Bonchev–Trinajstić information content (AvgIpc) is 3.70. The van der Waals surface area contributed by atoms with E-state index in [0.717, 1.165) is 41.1 Å². The molecule has 0 unspecified atom stereocenters. The van der Waals surface area contributed by atoms with Gasteiger partial charge in [-0.05, 0) is 18.2 Å². The standard InChI is InChI=1S/C16H14F2N6S.C10H6FNO3/c1-16(17,18)12-8-25-13(22-12)7-24-20-6-11(23-24)14-9-4-2-3-5-10(9)21-15(14)19;11-7-3-1-2-6(4-7)9-8(10(13)14)12-5-15-9/h2-6,8,21H,7,19H2,1H3;1-5H,(H,13,14). The Morgan fingerprint density at radius 3 is 2.75 bits per heavy atom. The van der Waals surface area contributed by atoms with Crippen LogP contribution in [0.1, 0.15) is 28.1 Å². The molecule has 204 valence electrons. The Bertz CT molecular complexity index is 1800. The molecule has 14 heteroatoms. The van der Waals surface area contributed by atoms with Crippen LogP contribution in [0.3, 0.4) is 0 Å². The topological polar surface area (TPSA) is 149 Å². The van der Waals surface area contributed by atoms with Gasteiger partial charge < -0.3 is 20.2 Å². The average molecular weight is 568 g/mol. The summed E-state index contributed by atoms with van der Waals surface area (Å²) in [6, 6.07) is 13.2. The van der Waals surface area contributed by atoms with E-state index in [1.54, 1.807) is 12.3 Å². The van der Waals surface area contributed by atoms with Crippen LogP contribution in [-0.2, 0) is 12.5 Å². The number of aromatic carboxylic acids is 1. The fourth-order valence-corrected chi connectivity index (χ4v) is 4.71. The van der Waals surface area contributed by atoms with Crippen molar-refractivity contribution in [1.29, 1.82) is 0 Å². The van der Waals surface area contributed by atoms with Gasteiger partial charge in [-0.3, -0.25) is 0 Å². The van der Waals surface area contributed by atoms with Gasteiger partial charge in [0.15, 0.2) is 17.8 Å². The van der Waals surface area contributed by atoms with Gasteiger partial charge in [-0.2, -0.15) is 23.8 Å². The number of nitrogens with one attached hydrogen (secondary N) is 1. The maximum atomic E-state index is 13.3. The fourth-order valence-electron chi connectivity index (χ4n) is 3.87. The normalized spacial score (nSPS) is 11.4. The number of H-pyrrole nitrogens is 1. The second-order valence-electron chi connectivity index (χ2n) is 8.58. The number of halogens is 3. The second-order valence-corrected chi connectivity index (χ2v) is 9.52. The van der Waals surface area contributed by atoms with E-state index in [1.807, 2.05) is 24.3 Å². The third-order valence-electron chi connectivity index (χ3n) is 5.66. The van der Waals surface area contributed by atoms with E-state index in [4.69, 9.17) is 15.3 Å². The minimum Gasteiger partial charge on any atom is -0.476 e. The van der Waals surface area contributed by atoms with Crippen molar-refractivity contribution in [1.82, 2.24) is 29.9 Å². The predicted molar refractivity (Wildman–Crippen MR) is 141 cm³/mol. The van der Waals surface area contributed by atoms with E-state index in [2.05, 4.69) is 25.1 Å². The molecule has 6 rings (SSSR count). The number of carbonyl (C=O) groups is 1. The summed E-state index contributed by atoms with van der Waals surface area (Å²) >= 11 is 1.16. The number of nitrogens with zero attached hydrogens (tertiary/aromatic N) is 5. The van der Waals surface area contributed by atoms with Gasteiger partial charge in [0.1, 0.15) is 34.6 Å². The maximum Gasteiger partial charge on any atom is 0.358 e. The molecule has 6 aromatic rings. The lowest BCUT2D eigenvalue weighted by Crippen LogP contribution is -2.09. The number of rotatable bonds is 6. The van der Waals surface area contributed by atoms with E-state index in [0.29, 0.717) is 22.1 Å². The van der Waals surface area contributed by atoms with Crippen LogP contribution < -0.4 is 5.73 Å². The highest BCUT2D eigenvalue weighted by molar-refractivity contribution is 7.09. The number of hydrogen-bond acceptors (Lipinski definition) is 8. The molecule has 2 aromatic carbocycles. The van der Waals surface area contributed by atoms with Crippen LogP contribution in [-0.4, -0.2) is 41.0 Å². The van der Waals surface area contributed by atoms with Gasteiger partial charge in [-0.15, -0.1) is 11.3 Å². The number of aromatic nitrogens is 6. The number of aromatic amines is 1. The summed E-state index contributed by atoms with van der Waals surface area (Å²) < 4.78 is 44.3. The Labute approximate surface area is 227 Å². The molecular weight excluding hydrogens is 547 g/mol. The Morgan fingerprint density at radius 2 is 2.02 bits per heavy atom. The number of alkyl halides is 2. The summed E-state index contributed by atoms with van der Waals surface area (Å²) in [5.41, 5.74) is 8.28. The third kappa shape index (κ3) is 5.56. The molecule has 0 spiro atoms. The summed E-state index contributed by atoms with van der Waals surface area (Å²) in [6.07, 6.45) is 2.62. The van der Waals surface area contributed by atoms with Gasteiger partial charge in [0.25, 0.3) is 5.92 Å². The highest BCUT2D eigenvalue weighted by Crippen LogP contribution is 2.33. The lowest BCUT2D eigenvalue weighted by atomic mass is 10.1. The number of fused-ring (bicyclic) bond motifs is 1. The zero-order valence-corrected chi connectivity index (χ0v) is 21.5. The first-order chi connectivity index (χ1) is 19.1. The molecule has 4 N–H and O–H groups in total. The van der Waals surface area contributed by atoms with Crippen molar-refractivity contribution < 1.29 is 27.5 Å². The molecule has 0 aliphatic rings. The third-order valence-corrected chi connectivity index (χ3v) is 6.50. The molecule has 0 atom stereocenters. The molecule has 0 saturated carbocycles.